The predicted octanol–water partition coefficient (Wildman–Crippen LogP) is 6.43. The van der Waals surface area contributed by atoms with E-state index >= 15 is 0 Å². The summed E-state index contributed by atoms with van der Waals surface area (Å²) in [7, 11) is -3.95. The number of carbonyl (C=O) groups excluding carboxylic acids is 1. The van der Waals surface area contributed by atoms with Crippen molar-refractivity contribution in [2.75, 3.05) is 19.6 Å². The van der Waals surface area contributed by atoms with Crippen molar-refractivity contribution < 1.29 is 13.2 Å². The monoisotopic (exact) mass is 608 g/mol. The Hall–Kier alpha value is -1.90. The number of likely N-dealkylation sites (tertiary alicyclic amines) is 1. The van der Waals surface area contributed by atoms with Gasteiger partial charge in [0.1, 0.15) is 0 Å². The smallest absolute Gasteiger partial charge is 0.243 e. The molecular formula is C27H27BrCl2N2O3S. The molecule has 0 spiro atoms. The molecule has 9 heteroatoms. The van der Waals surface area contributed by atoms with Crippen molar-refractivity contribution in [3.63, 3.8) is 0 Å². The minimum absolute atomic E-state index is 0.0371. The van der Waals surface area contributed by atoms with E-state index in [-0.39, 0.29) is 23.9 Å². The Morgan fingerprint density at radius 2 is 1.64 bits per heavy atom. The van der Waals surface area contributed by atoms with E-state index in [2.05, 4.69) is 28.1 Å². The average Bonchev–Trinajstić information content (AvgIpc) is 2.86. The Kier molecular flexibility index (Phi) is 9.12. The van der Waals surface area contributed by atoms with E-state index in [9.17, 15) is 13.2 Å². The van der Waals surface area contributed by atoms with Crippen molar-refractivity contribution in [1.29, 1.82) is 0 Å². The fourth-order valence-corrected chi connectivity index (χ4v) is 6.51. The zero-order valence-corrected chi connectivity index (χ0v) is 23.5. The number of hydrogen-bond acceptors (Lipinski definition) is 3. The zero-order chi connectivity index (χ0) is 25.7. The van der Waals surface area contributed by atoms with Gasteiger partial charge in [-0.05, 0) is 72.7 Å². The van der Waals surface area contributed by atoms with Crippen LogP contribution >= 0.6 is 39.1 Å². The largest absolute Gasteiger partial charge is 0.342 e. The number of hydrogen-bond donors (Lipinski definition) is 0. The van der Waals surface area contributed by atoms with Crippen molar-refractivity contribution in [2.45, 2.75) is 30.7 Å². The van der Waals surface area contributed by atoms with E-state index in [1.54, 1.807) is 35.2 Å². The van der Waals surface area contributed by atoms with E-state index < -0.39 is 10.0 Å². The molecule has 1 heterocycles. The molecule has 190 valence electrons. The first-order valence-electron chi connectivity index (χ1n) is 11.7. The molecule has 1 amide bonds. The molecule has 0 atom stereocenters. The summed E-state index contributed by atoms with van der Waals surface area (Å²) in [6.45, 7) is 0.930. The van der Waals surface area contributed by atoms with E-state index in [1.165, 1.54) is 22.0 Å². The number of benzene rings is 3. The maximum atomic E-state index is 13.6. The maximum Gasteiger partial charge on any atom is 0.243 e. The van der Waals surface area contributed by atoms with Gasteiger partial charge in [0, 0.05) is 34.2 Å². The molecule has 5 nitrogen and oxygen atoms in total. The lowest BCUT2D eigenvalue weighted by atomic mass is 9.90. The number of rotatable bonds is 8. The van der Waals surface area contributed by atoms with Crippen LogP contribution < -0.4 is 0 Å². The van der Waals surface area contributed by atoms with Crippen LogP contribution in [0.25, 0.3) is 0 Å². The van der Waals surface area contributed by atoms with Gasteiger partial charge in [-0.15, -0.1) is 0 Å². The SMILES string of the molecule is O=C(CN(Cc1ccc(Cl)cc1Cl)S(=O)(=O)c1ccc(Br)cc1)N1CCC(Cc2ccccc2)CC1. The van der Waals surface area contributed by atoms with Gasteiger partial charge in [-0.2, -0.15) is 4.31 Å². The lowest BCUT2D eigenvalue weighted by Crippen LogP contribution is -2.45. The minimum atomic E-state index is -3.95. The van der Waals surface area contributed by atoms with E-state index in [4.69, 9.17) is 23.2 Å². The van der Waals surface area contributed by atoms with Crippen LogP contribution in [0, 0.1) is 5.92 Å². The molecule has 4 rings (SSSR count). The Morgan fingerprint density at radius 1 is 0.972 bits per heavy atom. The summed E-state index contributed by atoms with van der Waals surface area (Å²) in [5.74, 6) is 0.297. The zero-order valence-electron chi connectivity index (χ0n) is 19.6. The maximum absolute atomic E-state index is 13.6. The van der Waals surface area contributed by atoms with E-state index in [1.807, 2.05) is 18.2 Å². The molecule has 1 saturated heterocycles. The van der Waals surface area contributed by atoms with Crippen LogP contribution in [0.15, 0.2) is 82.2 Å². The lowest BCUT2D eigenvalue weighted by molar-refractivity contribution is -0.132. The van der Waals surface area contributed by atoms with Crippen LogP contribution in [0.4, 0.5) is 0 Å². The second-order valence-electron chi connectivity index (χ2n) is 8.98. The summed E-state index contributed by atoms with van der Waals surface area (Å²) < 4.78 is 29.1. The third-order valence-electron chi connectivity index (χ3n) is 6.46. The first kappa shape index (κ1) is 27.1. The average molecular weight is 610 g/mol. The van der Waals surface area contributed by atoms with Gasteiger partial charge in [0.2, 0.25) is 15.9 Å². The van der Waals surface area contributed by atoms with Crippen LogP contribution in [0.5, 0.6) is 0 Å². The van der Waals surface area contributed by atoms with Gasteiger partial charge >= 0.3 is 0 Å². The van der Waals surface area contributed by atoms with Gasteiger partial charge in [0.25, 0.3) is 0 Å². The number of piperidine rings is 1. The highest BCUT2D eigenvalue weighted by molar-refractivity contribution is 9.10. The molecule has 0 aromatic heterocycles. The molecular weight excluding hydrogens is 583 g/mol. The second-order valence-corrected chi connectivity index (χ2v) is 12.7. The van der Waals surface area contributed by atoms with Gasteiger partial charge in [0.15, 0.2) is 0 Å². The molecule has 3 aromatic rings. The number of carbonyl (C=O) groups is 1. The van der Waals surface area contributed by atoms with Crippen molar-refractivity contribution in [3.8, 4) is 0 Å². The van der Waals surface area contributed by atoms with Crippen molar-refractivity contribution in [3.05, 3.63) is 98.4 Å². The predicted molar refractivity (Wildman–Crippen MR) is 148 cm³/mol. The third-order valence-corrected chi connectivity index (χ3v) is 9.38. The van der Waals surface area contributed by atoms with Crippen molar-refractivity contribution >= 4 is 55.1 Å². The van der Waals surface area contributed by atoms with Crippen LogP contribution in [-0.4, -0.2) is 43.2 Å². The quantitative estimate of drug-likeness (QED) is 0.296. The number of nitrogens with zero attached hydrogens (tertiary/aromatic N) is 2. The standard InChI is InChI=1S/C27H27BrCl2N2O3S/c28-23-7-10-25(11-8-23)36(34,35)32(18-22-6-9-24(29)17-26(22)30)19-27(33)31-14-12-21(13-15-31)16-20-4-2-1-3-5-20/h1-11,17,21H,12-16,18-19H2. The van der Waals surface area contributed by atoms with Gasteiger partial charge < -0.3 is 4.90 Å². The normalized spacial score (nSPS) is 14.8. The minimum Gasteiger partial charge on any atom is -0.342 e. The molecule has 0 aliphatic carbocycles. The van der Waals surface area contributed by atoms with Gasteiger partial charge in [-0.25, -0.2) is 8.42 Å². The fraction of sp³-hybridized carbons (Fsp3) is 0.296. The molecule has 1 aliphatic heterocycles. The Bertz CT molecular complexity index is 1300. The highest BCUT2D eigenvalue weighted by Gasteiger charge is 2.31. The second kappa shape index (κ2) is 12.1. The Labute approximate surface area is 231 Å². The van der Waals surface area contributed by atoms with Crippen LogP contribution in [0.1, 0.15) is 24.0 Å². The summed E-state index contributed by atoms with van der Waals surface area (Å²) in [6.07, 6.45) is 2.77. The highest BCUT2D eigenvalue weighted by Crippen LogP contribution is 2.27. The van der Waals surface area contributed by atoms with Crippen LogP contribution in [-0.2, 0) is 27.8 Å². The van der Waals surface area contributed by atoms with Crippen molar-refractivity contribution in [1.82, 2.24) is 9.21 Å². The molecule has 36 heavy (non-hydrogen) atoms. The molecule has 1 aliphatic rings. The first-order valence-corrected chi connectivity index (χ1v) is 14.7. The first-order chi connectivity index (χ1) is 17.2. The number of amides is 1. The summed E-state index contributed by atoms with van der Waals surface area (Å²) in [5.41, 5.74) is 1.88. The molecule has 1 fully saturated rings. The Balaban J connectivity index is 1.48. The summed E-state index contributed by atoms with van der Waals surface area (Å²) in [6, 6.07) is 21.7. The fourth-order valence-electron chi connectivity index (χ4n) is 4.41. The van der Waals surface area contributed by atoms with Crippen molar-refractivity contribution in [2.24, 2.45) is 5.92 Å². The molecule has 0 radical (unpaired) electrons. The molecule has 3 aromatic carbocycles. The summed E-state index contributed by atoms with van der Waals surface area (Å²) in [4.78, 5) is 15.2. The molecule has 0 unspecified atom stereocenters. The number of halogens is 3. The van der Waals surface area contributed by atoms with E-state index in [0.717, 1.165) is 23.7 Å². The highest BCUT2D eigenvalue weighted by atomic mass is 79.9. The summed E-state index contributed by atoms with van der Waals surface area (Å²) >= 11 is 15.7. The van der Waals surface area contributed by atoms with Gasteiger partial charge in [0.05, 0.1) is 11.4 Å². The van der Waals surface area contributed by atoms with Gasteiger partial charge in [-0.1, -0.05) is 75.5 Å². The Morgan fingerprint density at radius 3 is 2.28 bits per heavy atom. The molecule has 0 saturated carbocycles. The van der Waals surface area contributed by atoms with Gasteiger partial charge in [-0.3, -0.25) is 4.79 Å². The molecule has 0 N–H and O–H groups in total. The van der Waals surface area contributed by atoms with E-state index in [0.29, 0.717) is 34.6 Å². The molecule has 0 bridgehead atoms. The topological polar surface area (TPSA) is 57.7 Å². The van der Waals surface area contributed by atoms with Crippen LogP contribution in [0.3, 0.4) is 0 Å². The number of sulfonamides is 1. The van der Waals surface area contributed by atoms with Crippen LogP contribution in [0.2, 0.25) is 10.0 Å². The lowest BCUT2D eigenvalue weighted by Gasteiger charge is -2.33. The third kappa shape index (κ3) is 6.90. The summed E-state index contributed by atoms with van der Waals surface area (Å²) in [5, 5.41) is 0.813.